The van der Waals surface area contributed by atoms with Crippen molar-refractivity contribution in [2.75, 3.05) is 18.6 Å². The van der Waals surface area contributed by atoms with Crippen molar-refractivity contribution in [3.63, 3.8) is 0 Å². The van der Waals surface area contributed by atoms with E-state index in [9.17, 15) is 5.11 Å². The van der Waals surface area contributed by atoms with E-state index >= 15 is 0 Å². The molecule has 0 bridgehead atoms. The molecule has 0 saturated heterocycles. The number of aliphatic hydroxyl groups is 1. The summed E-state index contributed by atoms with van der Waals surface area (Å²) in [6.07, 6.45) is 6.51. The lowest BCUT2D eigenvalue weighted by molar-refractivity contribution is 0.0856. The van der Waals surface area contributed by atoms with E-state index in [1.54, 1.807) is 19.4 Å². The van der Waals surface area contributed by atoms with E-state index in [4.69, 9.17) is 21.1 Å². The van der Waals surface area contributed by atoms with Crippen LogP contribution >= 0.6 is 11.6 Å². The SMILES string of the molecule is COc1ccc2c3c1OC1CC(O)C=CC31CCN(c1nccc(Cl)n1)C2. The third-order valence-corrected chi connectivity index (χ3v) is 6.06. The number of nitrogens with zero attached hydrogens (tertiary/aromatic N) is 3. The predicted molar refractivity (Wildman–Crippen MR) is 102 cm³/mol. The summed E-state index contributed by atoms with van der Waals surface area (Å²) in [5, 5.41) is 10.6. The molecule has 0 saturated carbocycles. The monoisotopic (exact) mass is 385 g/mol. The molecule has 0 fully saturated rings. The van der Waals surface area contributed by atoms with Gasteiger partial charge in [-0.25, -0.2) is 9.97 Å². The fourth-order valence-corrected chi connectivity index (χ4v) is 4.72. The second kappa shape index (κ2) is 6.11. The molecule has 5 rings (SSSR count). The molecule has 1 aromatic carbocycles. The second-order valence-corrected chi connectivity index (χ2v) is 7.68. The van der Waals surface area contributed by atoms with E-state index < -0.39 is 6.10 Å². The Morgan fingerprint density at radius 2 is 2.26 bits per heavy atom. The lowest BCUT2D eigenvalue weighted by Crippen LogP contribution is -2.43. The fourth-order valence-electron chi connectivity index (χ4n) is 4.59. The Hall–Kier alpha value is -2.31. The molecule has 1 aromatic heterocycles. The lowest BCUT2D eigenvalue weighted by Gasteiger charge is -2.35. The third-order valence-electron chi connectivity index (χ3n) is 5.85. The van der Waals surface area contributed by atoms with Crippen molar-refractivity contribution in [3.05, 3.63) is 52.8 Å². The van der Waals surface area contributed by atoms with Crippen LogP contribution in [0.5, 0.6) is 11.5 Å². The van der Waals surface area contributed by atoms with Crippen molar-refractivity contribution in [2.24, 2.45) is 0 Å². The van der Waals surface area contributed by atoms with Gasteiger partial charge in [0.15, 0.2) is 11.5 Å². The molecule has 140 valence electrons. The molecule has 0 radical (unpaired) electrons. The Bertz CT molecular complexity index is 935. The number of aromatic nitrogens is 2. The summed E-state index contributed by atoms with van der Waals surface area (Å²) in [4.78, 5) is 10.9. The summed E-state index contributed by atoms with van der Waals surface area (Å²) in [6.45, 7) is 1.43. The largest absolute Gasteiger partial charge is 0.493 e. The zero-order chi connectivity index (χ0) is 18.6. The molecule has 3 unspecified atom stereocenters. The highest BCUT2D eigenvalue weighted by Crippen LogP contribution is 2.55. The van der Waals surface area contributed by atoms with E-state index in [0.29, 0.717) is 24.1 Å². The van der Waals surface area contributed by atoms with E-state index in [1.807, 2.05) is 12.1 Å². The van der Waals surface area contributed by atoms with Gasteiger partial charge in [-0.2, -0.15) is 0 Å². The van der Waals surface area contributed by atoms with Gasteiger partial charge in [-0.3, -0.25) is 0 Å². The number of rotatable bonds is 2. The highest BCUT2D eigenvalue weighted by atomic mass is 35.5. The number of anilines is 1. The Morgan fingerprint density at radius 3 is 3.07 bits per heavy atom. The van der Waals surface area contributed by atoms with Crippen LogP contribution in [0.15, 0.2) is 36.5 Å². The summed E-state index contributed by atoms with van der Waals surface area (Å²) in [6, 6.07) is 5.72. The van der Waals surface area contributed by atoms with Gasteiger partial charge in [0.25, 0.3) is 0 Å². The van der Waals surface area contributed by atoms with E-state index in [0.717, 1.165) is 30.0 Å². The molecule has 3 heterocycles. The van der Waals surface area contributed by atoms with Crippen molar-refractivity contribution >= 4 is 17.5 Å². The molecule has 2 aromatic rings. The zero-order valence-corrected chi connectivity index (χ0v) is 15.7. The second-order valence-electron chi connectivity index (χ2n) is 7.29. The Balaban J connectivity index is 1.65. The van der Waals surface area contributed by atoms with Crippen LogP contribution in [0.4, 0.5) is 5.95 Å². The maximum absolute atomic E-state index is 10.1. The topological polar surface area (TPSA) is 67.7 Å². The van der Waals surface area contributed by atoms with Crippen LogP contribution in [0.3, 0.4) is 0 Å². The molecule has 1 N–H and O–H groups in total. The maximum Gasteiger partial charge on any atom is 0.227 e. The number of halogens is 1. The average molecular weight is 386 g/mol. The fraction of sp³-hybridized carbons (Fsp3) is 0.400. The van der Waals surface area contributed by atoms with Crippen molar-refractivity contribution in [2.45, 2.75) is 37.0 Å². The van der Waals surface area contributed by atoms with Gasteiger partial charge in [-0.05, 0) is 24.1 Å². The first-order chi connectivity index (χ1) is 13.1. The minimum Gasteiger partial charge on any atom is -0.493 e. The Kier molecular flexibility index (Phi) is 3.81. The first kappa shape index (κ1) is 16.8. The smallest absolute Gasteiger partial charge is 0.227 e. The standard InChI is InChI=1S/C20H20ClN3O3/c1-26-14-3-2-12-11-24(19-22-8-5-16(21)23-19)9-7-20-6-4-13(25)10-15(20)27-18(14)17(12)20/h2-6,8,13,15,25H,7,9-11H2,1H3. The molecule has 0 amide bonds. The quantitative estimate of drug-likeness (QED) is 0.633. The number of methoxy groups -OCH3 is 1. The van der Waals surface area contributed by atoms with Gasteiger partial charge >= 0.3 is 0 Å². The van der Waals surface area contributed by atoms with E-state index in [1.165, 1.54) is 5.56 Å². The number of aliphatic hydroxyl groups excluding tert-OH is 1. The Morgan fingerprint density at radius 1 is 1.37 bits per heavy atom. The molecule has 3 atom stereocenters. The molecule has 7 heteroatoms. The molecule has 1 spiro atoms. The minimum absolute atomic E-state index is 0.109. The molecule has 27 heavy (non-hydrogen) atoms. The Labute approximate surface area is 162 Å². The third kappa shape index (κ3) is 2.51. The van der Waals surface area contributed by atoms with Gasteiger partial charge in [0.2, 0.25) is 5.95 Å². The number of benzene rings is 1. The number of ether oxygens (including phenoxy) is 2. The van der Waals surface area contributed by atoms with Gasteiger partial charge < -0.3 is 19.5 Å². The minimum atomic E-state index is -0.486. The van der Waals surface area contributed by atoms with Crippen LogP contribution in [-0.4, -0.2) is 40.9 Å². The van der Waals surface area contributed by atoms with Gasteiger partial charge in [0, 0.05) is 31.3 Å². The van der Waals surface area contributed by atoms with Crippen LogP contribution < -0.4 is 14.4 Å². The highest BCUT2D eigenvalue weighted by molar-refractivity contribution is 6.29. The van der Waals surface area contributed by atoms with Crippen molar-refractivity contribution in [1.82, 2.24) is 9.97 Å². The first-order valence-corrected chi connectivity index (χ1v) is 9.46. The number of hydrogen-bond acceptors (Lipinski definition) is 6. The van der Waals surface area contributed by atoms with Crippen LogP contribution in [0.25, 0.3) is 0 Å². The number of hydrogen-bond donors (Lipinski definition) is 1. The summed E-state index contributed by atoms with van der Waals surface area (Å²) >= 11 is 6.08. The van der Waals surface area contributed by atoms with Gasteiger partial charge in [-0.15, -0.1) is 0 Å². The first-order valence-electron chi connectivity index (χ1n) is 9.08. The van der Waals surface area contributed by atoms with E-state index in [-0.39, 0.29) is 11.5 Å². The molecule has 2 aliphatic heterocycles. The molecular formula is C20H20ClN3O3. The molecule has 1 aliphatic carbocycles. The van der Waals surface area contributed by atoms with Crippen molar-refractivity contribution in [3.8, 4) is 11.5 Å². The summed E-state index contributed by atoms with van der Waals surface area (Å²) < 4.78 is 11.9. The summed E-state index contributed by atoms with van der Waals surface area (Å²) in [5.41, 5.74) is 2.06. The summed E-state index contributed by atoms with van der Waals surface area (Å²) in [7, 11) is 1.66. The van der Waals surface area contributed by atoms with Crippen LogP contribution in [-0.2, 0) is 12.0 Å². The normalized spacial score (nSPS) is 28.2. The van der Waals surface area contributed by atoms with E-state index in [2.05, 4.69) is 27.0 Å². The lowest BCUT2D eigenvalue weighted by atomic mass is 9.69. The average Bonchev–Trinajstić information content (AvgIpc) is 2.89. The van der Waals surface area contributed by atoms with Gasteiger partial charge in [0.05, 0.1) is 18.6 Å². The van der Waals surface area contributed by atoms with Crippen LogP contribution in [0.2, 0.25) is 5.15 Å². The van der Waals surface area contributed by atoms with Crippen molar-refractivity contribution in [1.29, 1.82) is 0 Å². The van der Waals surface area contributed by atoms with Crippen molar-refractivity contribution < 1.29 is 14.6 Å². The maximum atomic E-state index is 10.1. The zero-order valence-electron chi connectivity index (χ0n) is 14.9. The van der Waals surface area contributed by atoms with Gasteiger partial charge in [-0.1, -0.05) is 29.8 Å². The predicted octanol–water partition coefficient (Wildman–Crippen LogP) is 2.87. The molecular weight excluding hydrogens is 366 g/mol. The van der Waals surface area contributed by atoms with Gasteiger partial charge in [0.1, 0.15) is 11.3 Å². The highest BCUT2D eigenvalue weighted by Gasteiger charge is 2.53. The summed E-state index contributed by atoms with van der Waals surface area (Å²) in [5.74, 6) is 2.16. The van der Waals surface area contributed by atoms with Crippen LogP contribution in [0, 0.1) is 0 Å². The molecule has 3 aliphatic rings. The van der Waals surface area contributed by atoms with Crippen LogP contribution in [0.1, 0.15) is 24.0 Å². The molecule has 6 nitrogen and oxygen atoms in total.